The fourth-order valence-corrected chi connectivity index (χ4v) is 8.81. The zero-order valence-electron chi connectivity index (χ0n) is 24.7. The average Bonchev–Trinajstić information content (AvgIpc) is 3.01. The number of ether oxygens (including phenoxy) is 4. The van der Waals surface area contributed by atoms with E-state index in [4.69, 9.17) is 18.9 Å². The van der Waals surface area contributed by atoms with E-state index < -0.39 is 58.4 Å². The predicted molar refractivity (Wildman–Crippen MR) is 153 cm³/mol. The maximum atomic E-state index is 14.4. The van der Waals surface area contributed by atoms with Crippen LogP contribution in [0.1, 0.15) is 37.3 Å². The Labute approximate surface area is 245 Å². The second-order valence-corrected chi connectivity index (χ2v) is 11.4. The van der Waals surface area contributed by atoms with Crippen molar-refractivity contribution in [2.24, 2.45) is 34.5 Å². The van der Waals surface area contributed by atoms with Gasteiger partial charge in [0.2, 0.25) is 0 Å². The zero-order chi connectivity index (χ0) is 30.4. The molecule has 0 spiro atoms. The van der Waals surface area contributed by atoms with Crippen molar-refractivity contribution in [2.45, 2.75) is 26.2 Å². The van der Waals surface area contributed by atoms with Gasteiger partial charge in [-0.3, -0.25) is 9.59 Å². The highest BCUT2D eigenvalue weighted by molar-refractivity contribution is 6.09. The zero-order valence-corrected chi connectivity index (χ0v) is 24.7. The standard InChI is InChI=1S/C34H36O8/c1-19-17-23(29(35)39-3)25(21-13-9-7-10-14-21)33(31(37)41-5)27(19)34(32(38)42-6)26(22-15-11-8-12-16-22)24(30(36)40-4)18-20(2)28(33)34/h7-17,19-20,25,27-28H,18H2,1-6H3/t19?,20?,25-,27?,28?,33-,34+/m1/s1. The number of carbonyl (C=O) groups is 4. The molecule has 5 rings (SSSR count). The summed E-state index contributed by atoms with van der Waals surface area (Å²) in [6, 6.07) is 18.6. The van der Waals surface area contributed by atoms with Crippen LogP contribution in [0.5, 0.6) is 0 Å². The first-order chi connectivity index (χ1) is 20.2. The van der Waals surface area contributed by atoms with E-state index in [1.54, 1.807) is 6.08 Å². The van der Waals surface area contributed by atoms with Crippen LogP contribution in [0, 0.1) is 34.5 Å². The van der Waals surface area contributed by atoms with E-state index in [1.165, 1.54) is 28.4 Å². The lowest BCUT2D eigenvalue weighted by atomic mass is 9.26. The normalized spacial score (nSPS) is 31.4. The van der Waals surface area contributed by atoms with Crippen LogP contribution in [-0.4, -0.2) is 52.3 Å². The maximum absolute atomic E-state index is 14.4. The van der Waals surface area contributed by atoms with Crippen molar-refractivity contribution in [2.75, 3.05) is 28.4 Å². The topological polar surface area (TPSA) is 105 Å². The first-order valence-corrected chi connectivity index (χ1v) is 14.1. The first kappa shape index (κ1) is 29.3. The number of methoxy groups -OCH3 is 4. The van der Waals surface area contributed by atoms with Gasteiger partial charge in [-0.2, -0.15) is 0 Å². The average molecular weight is 573 g/mol. The molecule has 2 aromatic carbocycles. The quantitative estimate of drug-likeness (QED) is 0.361. The minimum absolute atomic E-state index is 0.249. The van der Waals surface area contributed by atoms with Crippen LogP contribution in [-0.2, 0) is 38.1 Å². The summed E-state index contributed by atoms with van der Waals surface area (Å²) >= 11 is 0. The van der Waals surface area contributed by atoms with E-state index in [9.17, 15) is 19.2 Å². The van der Waals surface area contributed by atoms with Crippen molar-refractivity contribution in [3.05, 3.63) is 89.0 Å². The largest absolute Gasteiger partial charge is 0.469 e. The predicted octanol–water partition coefficient (Wildman–Crippen LogP) is 4.75. The van der Waals surface area contributed by atoms with E-state index >= 15 is 0 Å². The highest BCUT2D eigenvalue weighted by Gasteiger charge is 2.85. The molecule has 0 amide bonds. The maximum Gasteiger partial charge on any atom is 0.334 e. The molecule has 0 aromatic heterocycles. The lowest BCUT2D eigenvalue weighted by molar-refractivity contribution is -0.242. The van der Waals surface area contributed by atoms with Crippen LogP contribution in [0.25, 0.3) is 5.57 Å². The molecule has 3 aliphatic rings. The molecule has 1 fully saturated rings. The number of esters is 4. The molecule has 0 aliphatic heterocycles. The molecule has 0 bridgehead atoms. The SMILES string of the molecule is COC(=O)C1=CC(C)C2[C@@]3(C(=O)OC)C(c4ccccc4)=C(C(=O)OC)CC(C)C3[C@@]2(C(=O)OC)[C@@H]1c1ccccc1. The summed E-state index contributed by atoms with van der Waals surface area (Å²) in [6.45, 7) is 3.81. The van der Waals surface area contributed by atoms with Gasteiger partial charge in [-0.15, -0.1) is 0 Å². The third-order valence-corrected chi connectivity index (χ3v) is 9.69. The van der Waals surface area contributed by atoms with Crippen LogP contribution < -0.4 is 0 Å². The van der Waals surface area contributed by atoms with Crippen molar-refractivity contribution in [3.8, 4) is 0 Å². The minimum atomic E-state index is -1.42. The molecule has 2 aromatic rings. The molecule has 0 radical (unpaired) electrons. The van der Waals surface area contributed by atoms with Gasteiger partial charge in [0.05, 0.1) is 33.9 Å². The van der Waals surface area contributed by atoms with Crippen molar-refractivity contribution in [3.63, 3.8) is 0 Å². The summed E-state index contributed by atoms with van der Waals surface area (Å²) in [5.74, 6) is -5.22. The number of hydrogen-bond donors (Lipinski definition) is 0. The second kappa shape index (κ2) is 10.9. The highest BCUT2D eigenvalue weighted by atomic mass is 16.5. The van der Waals surface area contributed by atoms with E-state index in [1.807, 2.05) is 74.5 Å². The van der Waals surface area contributed by atoms with Crippen molar-refractivity contribution in [1.29, 1.82) is 0 Å². The Hall–Kier alpha value is -4.20. The lowest BCUT2D eigenvalue weighted by Crippen LogP contribution is -2.78. The smallest absolute Gasteiger partial charge is 0.334 e. The molecule has 8 nitrogen and oxygen atoms in total. The second-order valence-electron chi connectivity index (χ2n) is 11.4. The minimum Gasteiger partial charge on any atom is -0.469 e. The van der Waals surface area contributed by atoms with Crippen molar-refractivity contribution in [1.82, 2.24) is 0 Å². The molecule has 0 heterocycles. The fraction of sp³-hybridized carbons (Fsp3) is 0.412. The fourth-order valence-electron chi connectivity index (χ4n) is 8.81. The van der Waals surface area contributed by atoms with Crippen LogP contribution in [0.15, 0.2) is 77.9 Å². The highest BCUT2D eigenvalue weighted by Crippen LogP contribution is 2.81. The third-order valence-electron chi connectivity index (χ3n) is 9.69. The number of hydrogen-bond acceptors (Lipinski definition) is 8. The molecular weight excluding hydrogens is 536 g/mol. The van der Waals surface area contributed by atoms with E-state index in [-0.39, 0.29) is 12.3 Å². The van der Waals surface area contributed by atoms with Crippen LogP contribution >= 0.6 is 0 Å². The van der Waals surface area contributed by atoms with Gasteiger partial charge in [0.25, 0.3) is 0 Å². The van der Waals surface area contributed by atoms with Crippen molar-refractivity contribution < 1.29 is 38.1 Å². The third kappa shape index (κ3) is 3.73. The lowest BCUT2D eigenvalue weighted by Gasteiger charge is -2.73. The van der Waals surface area contributed by atoms with Gasteiger partial charge in [0.1, 0.15) is 5.41 Å². The summed E-state index contributed by atoms with van der Waals surface area (Å²) in [6.07, 6.45) is 2.05. The Balaban J connectivity index is 1.95. The Kier molecular flexibility index (Phi) is 7.60. The van der Waals surface area contributed by atoms with Gasteiger partial charge in [-0.1, -0.05) is 80.6 Å². The number of rotatable bonds is 6. The first-order valence-electron chi connectivity index (χ1n) is 14.1. The monoisotopic (exact) mass is 572 g/mol. The number of carbonyl (C=O) groups excluding carboxylic acids is 4. The van der Waals surface area contributed by atoms with Crippen LogP contribution in [0.3, 0.4) is 0 Å². The Morgan fingerprint density at radius 3 is 1.83 bits per heavy atom. The van der Waals surface area contributed by atoms with Gasteiger partial charge in [-0.05, 0) is 40.9 Å². The Morgan fingerprint density at radius 1 is 0.714 bits per heavy atom. The summed E-state index contributed by atoms with van der Waals surface area (Å²) in [7, 11) is 5.29. The molecular formula is C34H36O8. The van der Waals surface area contributed by atoms with Gasteiger partial charge in [0.15, 0.2) is 0 Å². The Bertz CT molecular complexity index is 1480. The summed E-state index contributed by atoms with van der Waals surface area (Å²) in [5.41, 5.74) is -0.159. The van der Waals surface area contributed by atoms with Gasteiger partial charge in [0, 0.05) is 23.0 Å². The van der Waals surface area contributed by atoms with Gasteiger partial charge < -0.3 is 18.9 Å². The van der Waals surface area contributed by atoms with Crippen LogP contribution in [0.2, 0.25) is 0 Å². The van der Waals surface area contributed by atoms with Crippen molar-refractivity contribution >= 4 is 29.5 Å². The van der Waals surface area contributed by atoms with E-state index in [0.717, 1.165) is 5.56 Å². The van der Waals surface area contributed by atoms with E-state index in [2.05, 4.69) is 0 Å². The summed E-state index contributed by atoms with van der Waals surface area (Å²) in [4.78, 5) is 55.7. The Morgan fingerprint density at radius 2 is 1.29 bits per heavy atom. The molecule has 8 heteroatoms. The molecule has 1 saturated carbocycles. The van der Waals surface area contributed by atoms with Crippen LogP contribution in [0.4, 0.5) is 0 Å². The number of allylic oxidation sites excluding steroid dienone is 1. The van der Waals surface area contributed by atoms with E-state index in [0.29, 0.717) is 22.3 Å². The van der Waals surface area contributed by atoms with Gasteiger partial charge >= 0.3 is 23.9 Å². The molecule has 0 N–H and O–H groups in total. The summed E-state index contributed by atoms with van der Waals surface area (Å²) in [5, 5.41) is 0. The van der Waals surface area contributed by atoms with Gasteiger partial charge in [-0.25, -0.2) is 9.59 Å². The molecule has 4 unspecified atom stereocenters. The molecule has 3 aliphatic carbocycles. The molecule has 220 valence electrons. The molecule has 42 heavy (non-hydrogen) atoms. The molecule has 7 atom stereocenters. The number of benzene rings is 2. The number of fused-ring (bicyclic) bond motifs is 4. The molecule has 0 saturated heterocycles. The summed E-state index contributed by atoms with van der Waals surface area (Å²) < 4.78 is 21.7.